The monoisotopic (exact) mass is 895 g/mol. The molecular formula is C58H102O6. The SMILES string of the molecule is CC/C=C\C/C=C\C/C=C\CCCCC(=O)OCC(COC(=O)CCCCCCC/C=C\C=C/CCCCCCCCC)OC(=O)CCCCCCCCCCCCCCCCCC. The summed E-state index contributed by atoms with van der Waals surface area (Å²) in [7, 11) is 0. The van der Waals surface area contributed by atoms with Crippen LogP contribution in [0, 0.1) is 0 Å². The lowest BCUT2D eigenvalue weighted by Gasteiger charge is -2.18. The molecule has 0 bridgehead atoms. The molecule has 0 heterocycles. The van der Waals surface area contributed by atoms with Gasteiger partial charge in [0, 0.05) is 19.3 Å². The number of allylic oxidation sites excluding steroid dienone is 10. The molecule has 0 aromatic heterocycles. The summed E-state index contributed by atoms with van der Waals surface area (Å²) < 4.78 is 16.8. The van der Waals surface area contributed by atoms with Gasteiger partial charge in [0.15, 0.2) is 6.10 Å². The minimum atomic E-state index is -0.793. The van der Waals surface area contributed by atoms with Crippen molar-refractivity contribution in [1.82, 2.24) is 0 Å². The number of ether oxygens (including phenoxy) is 3. The van der Waals surface area contributed by atoms with Crippen molar-refractivity contribution in [1.29, 1.82) is 0 Å². The van der Waals surface area contributed by atoms with Gasteiger partial charge in [-0.25, -0.2) is 0 Å². The van der Waals surface area contributed by atoms with Gasteiger partial charge in [0.2, 0.25) is 0 Å². The van der Waals surface area contributed by atoms with E-state index >= 15 is 0 Å². The Hall–Kier alpha value is -2.89. The van der Waals surface area contributed by atoms with Crippen LogP contribution < -0.4 is 0 Å². The molecule has 0 aliphatic rings. The first-order valence-electron chi connectivity index (χ1n) is 27.3. The molecule has 0 spiro atoms. The van der Waals surface area contributed by atoms with Crippen molar-refractivity contribution in [2.24, 2.45) is 0 Å². The number of carbonyl (C=O) groups is 3. The van der Waals surface area contributed by atoms with Gasteiger partial charge in [-0.1, -0.05) is 236 Å². The van der Waals surface area contributed by atoms with Gasteiger partial charge < -0.3 is 14.2 Å². The summed E-state index contributed by atoms with van der Waals surface area (Å²) in [6.45, 7) is 6.49. The van der Waals surface area contributed by atoms with E-state index in [0.29, 0.717) is 19.3 Å². The van der Waals surface area contributed by atoms with Crippen molar-refractivity contribution in [2.75, 3.05) is 13.2 Å². The molecule has 0 aliphatic carbocycles. The Morgan fingerprint density at radius 1 is 0.344 bits per heavy atom. The fourth-order valence-corrected chi connectivity index (χ4v) is 7.68. The average molecular weight is 895 g/mol. The Morgan fingerprint density at radius 3 is 1.08 bits per heavy atom. The van der Waals surface area contributed by atoms with Crippen LogP contribution in [-0.2, 0) is 28.6 Å². The van der Waals surface area contributed by atoms with Gasteiger partial charge in [-0.05, 0) is 77.0 Å². The van der Waals surface area contributed by atoms with Gasteiger partial charge in [0.1, 0.15) is 13.2 Å². The van der Waals surface area contributed by atoms with Crippen LogP contribution in [0.4, 0.5) is 0 Å². The molecule has 370 valence electrons. The van der Waals surface area contributed by atoms with Crippen molar-refractivity contribution in [3.63, 3.8) is 0 Å². The highest BCUT2D eigenvalue weighted by Gasteiger charge is 2.19. The molecule has 64 heavy (non-hydrogen) atoms. The molecule has 0 aromatic carbocycles. The highest BCUT2D eigenvalue weighted by molar-refractivity contribution is 5.71. The molecule has 0 N–H and O–H groups in total. The zero-order valence-corrected chi connectivity index (χ0v) is 42.3. The summed E-state index contributed by atoms with van der Waals surface area (Å²) in [5.74, 6) is -0.938. The highest BCUT2D eigenvalue weighted by atomic mass is 16.6. The van der Waals surface area contributed by atoms with Crippen molar-refractivity contribution >= 4 is 17.9 Å². The number of carbonyl (C=O) groups excluding carboxylic acids is 3. The van der Waals surface area contributed by atoms with E-state index in [4.69, 9.17) is 14.2 Å². The van der Waals surface area contributed by atoms with E-state index in [-0.39, 0.29) is 31.1 Å². The number of hydrogen-bond donors (Lipinski definition) is 0. The zero-order chi connectivity index (χ0) is 46.5. The topological polar surface area (TPSA) is 78.9 Å². The molecule has 1 unspecified atom stereocenters. The Kier molecular flexibility index (Phi) is 50.4. The Morgan fingerprint density at radius 2 is 0.656 bits per heavy atom. The fourth-order valence-electron chi connectivity index (χ4n) is 7.68. The van der Waals surface area contributed by atoms with Gasteiger partial charge in [0.05, 0.1) is 0 Å². The van der Waals surface area contributed by atoms with Crippen molar-refractivity contribution < 1.29 is 28.6 Å². The largest absolute Gasteiger partial charge is 0.462 e. The first-order chi connectivity index (χ1) is 31.5. The van der Waals surface area contributed by atoms with Gasteiger partial charge in [-0.3, -0.25) is 14.4 Å². The minimum Gasteiger partial charge on any atom is -0.462 e. The molecule has 1 atom stereocenters. The minimum absolute atomic E-state index is 0.0925. The molecular weight excluding hydrogens is 793 g/mol. The van der Waals surface area contributed by atoms with E-state index < -0.39 is 6.10 Å². The van der Waals surface area contributed by atoms with E-state index in [1.807, 2.05) is 0 Å². The summed E-state index contributed by atoms with van der Waals surface area (Å²) in [5.41, 5.74) is 0. The van der Waals surface area contributed by atoms with Gasteiger partial charge in [-0.2, -0.15) is 0 Å². The normalized spacial score (nSPS) is 12.5. The first kappa shape index (κ1) is 61.1. The summed E-state index contributed by atoms with van der Waals surface area (Å²) in [6.07, 6.45) is 65.0. The second kappa shape index (κ2) is 52.7. The standard InChI is InChI=1S/C58H102O6/c1-4-7-10-13-16-19-22-25-27-29-30-32-33-36-39-42-45-48-51-57(60)63-54-55(53-62-56(59)50-47-44-41-38-35-24-21-18-15-12-9-6-3)64-58(61)52-49-46-43-40-37-34-31-28-26-23-20-17-14-11-8-5-2/h9,12,18,21,27,29-30,32,35,38,55H,4-8,10-11,13-17,19-20,22-26,28,31,33-34,36-37,39-54H2,1-3H3/b12-9-,21-18-,29-27-,32-30-,38-35-. The van der Waals surface area contributed by atoms with E-state index in [9.17, 15) is 14.4 Å². The fraction of sp³-hybridized carbons (Fsp3) is 0.776. The molecule has 0 rings (SSSR count). The van der Waals surface area contributed by atoms with Crippen LogP contribution in [0.3, 0.4) is 0 Å². The maximum Gasteiger partial charge on any atom is 0.306 e. The third-order valence-electron chi connectivity index (χ3n) is 11.8. The molecule has 6 heteroatoms. The zero-order valence-electron chi connectivity index (χ0n) is 42.3. The smallest absolute Gasteiger partial charge is 0.306 e. The van der Waals surface area contributed by atoms with Gasteiger partial charge in [0.25, 0.3) is 0 Å². The first-order valence-corrected chi connectivity index (χ1v) is 27.3. The molecule has 6 nitrogen and oxygen atoms in total. The predicted molar refractivity (Wildman–Crippen MR) is 275 cm³/mol. The van der Waals surface area contributed by atoms with E-state index in [1.165, 1.54) is 135 Å². The van der Waals surface area contributed by atoms with Crippen molar-refractivity contribution in [3.8, 4) is 0 Å². The van der Waals surface area contributed by atoms with Crippen molar-refractivity contribution in [2.45, 2.75) is 277 Å². The summed E-state index contributed by atoms with van der Waals surface area (Å²) in [6, 6.07) is 0. The molecule has 0 radical (unpaired) electrons. The van der Waals surface area contributed by atoms with Crippen LogP contribution in [0.2, 0.25) is 0 Å². The lowest BCUT2D eigenvalue weighted by molar-refractivity contribution is -0.167. The number of esters is 3. The Bertz CT molecular complexity index is 1170. The predicted octanol–water partition coefficient (Wildman–Crippen LogP) is 18.0. The number of unbranched alkanes of at least 4 members (excludes halogenated alkanes) is 29. The quantitative estimate of drug-likeness (QED) is 0.0199. The Balaban J connectivity index is 4.40. The number of rotatable bonds is 49. The van der Waals surface area contributed by atoms with Gasteiger partial charge in [-0.15, -0.1) is 0 Å². The van der Waals surface area contributed by atoms with Crippen LogP contribution in [0.15, 0.2) is 60.8 Å². The maximum atomic E-state index is 12.8. The molecule has 0 saturated carbocycles. The van der Waals surface area contributed by atoms with E-state index in [0.717, 1.165) is 96.3 Å². The van der Waals surface area contributed by atoms with E-state index in [2.05, 4.69) is 81.5 Å². The Labute approximate surface area is 396 Å². The van der Waals surface area contributed by atoms with Crippen LogP contribution >= 0.6 is 0 Å². The third-order valence-corrected chi connectivity index (χ3v) is 11.8. The van der Waals surface area contributed by atoms with Crippen LogP contribution in [0.1, 0.15) is 271 Å². The van der Waals surface area contributed by atoms with Crippen LogP contribution in [-0.4, -0.2) is 37.2 Å². The third kappa shape index (κ3) is 50.1. The average Bonchev–Trinajstić information content (AvgIpc) is 3.29. The molecule has 0 aromatic rings. The van der Waals surface area contributed by atoms with E-state index in [1.54, 1.807) is 0 Å². The maximum absolute atomic E-state index is 12.8. The van der Waals surface area contributed by atoms with Gasteiger partial charge >= 0.3 is 17.9 Å². The summed E-state index contributed by atoms with van der Waals surface area (Å²) >= 11 is 0. The summed E-state index contributed by atoms with van der Waals surface area (Å²) in [5, 5.41) is 0. The second-order valence-electron chi connectivity index (χ2n) is 18.1. The van der Waals surface area contributed by atoms with Crippen LogP contribution in [0.25, 0.3) is 0 Å². The molecule has 0 fully saturated rings. The van der Waals surface area contributed by atoms with Crippen LogP contribution in [0.5, 0.6) is 0 Å². The molecule has 0 aliphatic heterocycles. The lowest BCUT2D eigenvalue weighted by atomic mass is 10.0. The molecule has 0 saturated heterocycles. The second-order valence-corrected chi connectivity index (χ2v) is 18.1. The van der Waals surface area contributed by atoms with Crippen molar-refractivity contribution in [3.05, 3.63) is 60.8 Å². The summed E-state index contributed by atoms with van der Waals surface area (Å²) in [4.78, 5) is 38.0. The highest BCUT2D eigenvalue weighted by Crippen LogP contribution is 2.16. The number of hydrogen-bond acceptors (Lipinski definition) is 6. The molecule has 0 amide bonds. The lowest BCUT2D eigenvalue weighted by Crippen LogP contribution is -2.30.